The van der Waals surface area contributed by atoms with E-state index in [1.54, 1.807) is 0 Å². The highest BCUT2D eigenvalue weighted by molar-refractivity contribution is 5.54. The second-order valence-electron chi connectivity index (χ2n) is 4.88. The monoisotopic (exact) mass is 232 g/mol. The van der Waals surface area contributed by atoms with Gasteiger partial charge in [0.15, 0.2) is 0 Å². The van der Waals surface area contributed by atoms with Gasteiger partial charge in [-0.2, -0.15) is 0 Å². The molecule has 0 bridgehead atoms. The Hall–Kier alpha value is -1.02. The topological polar surface area (TPSA) is 15.3 Å². The van der Waals surface area contributed by atoms with Crippen molar-refractivity contribution in [3.63, 3.8) is 0 Å². The van der Waals surface area contributed by atoms with Crippen LogP contribution in [0.4, 0.5) is 5.69 Å². The maximum atomic E-state index is 3.58. The molecule has 1 fully saturated rings. The lowest BCUT2D eigenvalue weighted by Gasteiger charge is -2.36. The van der Waals surface area contributed by atoms with E-state index in [-0.39, 0.29) is 0 Å². The molecule has 1 heterocycles. The molecule has 2 nitrogen and oxygen atoms in total. The van der Waals surface area contributed by atoms with Gasteiger partial charge in [-0.25, -0.2) is 0 Å². The summed E-state index contributed by atoms with van der Waals surface area (Å²) in [6.07, 6.45) is 3.63. The highest BCUT2D eigenvalue weighted by atomic mass is 15.2. The molecule has 2 heteroatoms. The summed E-state index contributed by atoms with van der Waals surface area (Å²) in [5.74, 6) is 0. The Bertz CT molecular complexity index is 349. The van der Waals surface area contributed by atoms with Crippen LogP contribution in [0.25, 0.3) is 0 Å². The molecular weight excluding hydrogens is 208 g/mol. The van der Waals surface area contributed by atoms with Crippen LogP contribution in [0.15, 0.2) is 24.3 Å². The summed E-state index contributed by atoms with van der Waals surface area (Å²) in [6.45, 7) is 7.91. The summed E-state index contributed by atoms with van der Waals surface area (Å²) in [6, 6.07) is 9.54. The average Bonchev–Trinajstić information content (AvgIpc) is 2.40. The number of hydrogen-bond acceptors (Lipinski definition) is 2. The zero-order valence-corrected chi connectivity index (χ0v) is 11.1. The van der Waals surface area contributed by atoms with Crippen LogP contribution in [0, 0.1) is 0 Å². The summed E-state index contributed by atoms with van der Waals surface area (Å²) in [5.41, 5.74) is 2.96. The SMILES string of the molecule is CCCc1ccccc1N1CCNC(CC)C1. The zero-order chi connectivity index (χ0) is 12.1. The second kappa shape index (κ2) is 6.06. The summed E-state index contributed by atoms with van der Waals surface area (Å²) in [4.78, 5) is 2.55. The van der Waals surface area contributed by atoms with Crippen molar-refractivity contribution in [2.24, 2.45) is 0 Å². The second-order valence-corrected chi connectivity index (χ2v) is 4.88. The fourth-order valence-corrected chi connectivity index (χ4v) is 2.62. The van der Waals surface area contributed by atoms with Gasteiger partial charge in [0.2, 0.25) is 0 Å². The number of para-hydroxylation sites is 1. The van der Waals surface area contributed by atoms with Gasteiger partial charge in [0, 0.05) is 31.4 Å². The molecule has 94 valence electrons. The van der Waals surface area contributed by atoms with Crippen LogP contribution in [0.1, 0.15) is 32.3 Å². The summed E-state index contributed by atoms with van der Waals surface area (Å²) in [7, 11) is 0. The first-order valence-corrected chi connectivity index (χ1v) is 6.91. The molecular formula is C15H24N2. The van der Waals surface area contributed by atoms with Crippen molar-refractivity contribution in [2.45, 2.75) is 39.2 Å². The van der Waals surface area contributed by atoms with Gasteiger partial charge < -0.3 is 10.2 Å². The van der Waals surface area contributed by atoms with E-state index >= 15 is 0 Å². The Morgan fingerprint density at radius 3 is 2.88 bits per heavy atom. The Balaban J connectivity index is 2.15. The fraction of sp³-hybridized carbons (Fsp3) is 0.600. The molecule has 1 unspecified atom stereocenters. The number of anilines is 1. The van der Waals surface area contributed by atoms with Gasteiger partial charge in [0.05, 0.1) is 0 Å². The molecule has 0 aliphatic carbocycles. The molecule has 1 aromatic rings. The molecule has 0 saturated carbocycles. The van der Waals surface area contributed by atoms with Crippen molar-refractivity contribution < 1.29 is 0 Å². The predicted molar refractivity (Wildman–Crippen MR) is 74.7 cm³/mol. The van der Waals surface area contributed by atoms with Crippen molar-refractivity contribution in [1.29, 1.82) is 0 Å². The van der Waals surface area contributed by atoms with Crippen molar-refractivity contribution in [1.82, 2.24) is 5.32 Å². The number of aryl methyl sites for hydroxylation is 1. The minimum Gasteiger partial charge on any atom is -0.368 e. The Labute approximate surface area is 105 Å². The molecule has 1 atom stereocenters. The third-order valence-corrected chi connectivity index (χ3v) is 3.60. The normalized spacial score (nSPS) is 20.6. The maximum absolute atomic E-state index is 3.58. The molecule has 0 amide bonds. The number of nitrogens with zero attached hydrogens (tertiary/aromatic N) is 1. The van der Waals surface area contributed by atoms with Gasteiger partial charge in [-0.1, -0.05) is 38.5 Å². The third-order valence-electron chi connectivity index (χ3n) is 3.60. The summed E-state index contributed by atoms with van der Waals surface area (Å²) in [5, 5.41) is 3.58. The van der Waals surface area contributed by atoms with E-state index < -0.39 is 0 Å². The van der Waals surface area contributed by atoms with Crippen LogP contribution in [-0.2, 0) is 6.42 Å². The van der Waals surface area contributed by atoms with Crippen molar-refractivity contribution in [3.8, 4) is 0 Å². The highest BCUT2D eigenvalue weighted by Gasteiger charge is 2.19. The van der Waals surface area contributed by atoms with E-state index in [9.17, 15) is 0 Å². The first kappa shape index (κ1) is 12.4. The number of benzene rings is 1. The third kappa shape index (κ3) is 3.01. The van der Waals surface area contributed by atoms with Crippen molar-refractivity contribution in [2.75, 3.05) is 24.5 Å². The lowest BCUT2D eigenvalue weighted by atomic mass is 10.0. The Morgan fingerprint density at radius 2 is 2.12 bits per heavy atom. The number of hydrogen-bond donors (Lipinski definition) is 1. The zero-order valence-electron chi connectivity index (χ0n) is 11.1. The molecule has 1 aliphatic rings. The first-order chi connectivity index (χ1) is 8.35. The van der Waals surface area contributed by atoms with Gasteiger partial charge in [0.25, 0.3) is 0 Å². The van der Waals surface area contributed by atoms with Crippen molar-refractivity contribution >= 4 is 5.69 Å². The van der Waals surface area contributed by atoms with Crippen LogP contribution in [0.2, 0.25) is 0 Å². The standard InChI is InChI=1S/C15H24N2/c1-3-7-13-8-5-6-9-15(13)17-11-10-16-14(4-2)12-17/h5-6,8-9,14,16H,3-4,7,10-12H2,1-2H3. The molecule has 0 radical (unpaired) electrons. The molecule has 2 rings (SSSR count). The van der Waals surface area contributed by atoms with Crippen LogP contribution in [0.5, 0.6) is 0 Å². The van der Waals surface area contributed by atoms with Gasteiger partial charge in [-0.15, -0.1) is 0 Å². The van der Waals surface area contributed by atoms with E-state index in [1.165, 1.54) is 30.5 Å². The lowest BCUT2D eigenvalue weighted by Crippen LogP contribution is -2.50. The molecule has 0 aromatic heterocycles. The van der Waals surface area contributed by atoms with E-state index in [1.807, 2.05) is 0 Å². The van der Waals surface area contributed by atoms with Crippen LogP contribution in [0.3, 0.4) is 0 Å². The highest BCUT2D eigenvalue weighted by Crippen LogP contribution is 2.23. The quantitative estimate of drug-likeness (QED) is 0.858. The van der Waals surface area contributed by atoms with Crippen molar-refractivity contribution in [3.05, 3.63) is 29.8 Å². The minimum absolute atomic E-state index is 0.651. The van der Waals surface area contributed by atoms with Crippen LogP contribution < -0.4 is 10.2 Å². The largest absolute Gasteiger partial charge is 0.368 e. The Morgan fingerprint density at radius 1 is 1.29 bits per heavy atom. The molecule has 1 saturated heterocycles. The molecule has 1 aliphatic heterocycles. The molecule has 17 heavy (non-hydrogen) atoms. The smallest absolute Gasteiger partial charge is 0.0399 e. The number of rotatable bonds is 4. The van der Waals surface area contributed by atoms with Crippen LogP contribution in [-0.4, -0.2) is 25.7 Å². The predicted octanol–water partition coefficient (Wildman–Crippen LogP) is 2.83. The van der Waals surface area contributed by atoms with Gasteiger partial charge in [-0.3, -0.25) is 0 Å². The first-order valence-electron chi connectivity index (χ1n) is 6.91. The van der Waals surface area contributed by atoms with Gasteiger partial charge >= 0.3 is 0 Å². The average molecular weight is 232 g/mol. The minimum atomic E-state index is 0.651. The Kier molecular flexibility index (Phi) is 4.43. The number of piperazine rings is 1. The van der Waals surface area contributed by atoms with E-state index in [2.05, 4.69) is 48.3 Å². The molecule has 0 spiro atoms. The summed E-state index contributed by atoms with van der Waals surface area (Å²) < 4.78 is 0. The molecule has 1 aromatic carbocycles. The van der Waals surface area contributed by atoms with E-state index in [4.69, 9.17) is 0 Å². The number of nitrogens with one attached hydrogen (secondary N) is 1. The fourth-order valence-electron chi connectivity index (χ4n) is 2.62. The summed E-state index contributed by atoms with van der Waals surface area (Å²) >= 11 is 0. The van der Waals surface area contributed by atoms with Gasteiger partial charge in [0.1, 0.15) is 0 Å². The molecule has 1 N–H and O–H groups in total. The van der Waals surface area contributed by atoms with E-state index in [0.29, 0.717) is 6.04 Å². The lowest BCUT2D eigenvalue weighted by molar-refractivity contribution is 0.446. The van der Waals surface area contributed by atoms with E-state index in [0.717, 1.165) is 19.6 Å². The maximum Gasteiger partial charge on any atom is 0.0399 e. The van der Waals surface area contributed by atoms with Gasteiger partial charge in [-0.05, 0) is 24.5 Å². The van der Waals surface area contributed by atoms with Crippen LogP contribution >= 0.6 is 0 Å².